The highest BCUT2D eigenvalue weighted by Crippen LogP contribution is 2.54. The minimum atomic E-state index is -6.81. The third-order valence-corrected chi connectivity index (χ3v) is 6.80. The van der Waals surface area contributed by atoms with Gasteiger partial charge in [-0.2, -0.15) is 39.5 Å². The van der Waals surface area contributed by atoms with E-state index in [-0.39, 0.29) is 12.6 Å². The van der Waals surface area contributed by atoms with E-state index in [4.69, 9.17) is 9.79 Å². The van der Waals surface area contributed by atoms with Gasteiger partial charge in [0.25, 0.3) is 0 Å². The molecule has 0 unspecified atom stereocenters. The fraction of sp³-hybridized carbons (Fsp3) is 1.00. The van der Waals surface area contributed by atoms with Crippen molar-refractivity contribution < 1.29 is 53.9 Å². The monoisotopic (exact) mass is 552 g/mol. The van der Waals surface area contributed by atoms with Gasteiger partial charge in [-0.15, -0.1) is 0 Å². The van der Waals surface area contributed by atoms with Crippen molar-refractivity contribution >= 4 is 7.60 Å². The first kappa shape index (κ1) is 34.5. The number of unbranched alkanes of at least 4 members (excludes halogenated alkanes) is 15. The predicted molar refractivity (Wildman–Crippen MR) is 116 cm³/mol. The van der Waals surface area contributed by atoms with Gasteiger partial charge in [0.2, 0.25) is 0 Å². The van der Waals surface area contributed by atoms with Crippen LogP contribution in [0.25, 0.3) is 0 Å². The number of alkyl halides is 9. The Kier molecular flexibility index (Phi) is 15.5. The van der Waals surface area contributed by atoms with Gasteiger partial charge in [0.1, 0.15) is 0 Å². The number of rotatable bonds is 21. The minimum Gasteiger partial charge on any atom is -0.324 e. The zero-order valence-corrected chi connectivity index (χ0v) is 20.8. The lowest BCUT2D eigenvalue weighted by molar-refractivity contribution is -0.396. The van der Waals surface area contributed by atoms with Gasteiger partial charge in [0.15, 0.2) is 0 Å². The molecule has 3 nitrogen and oxygen atoms in total. The molecule has 0 aromatic rings. The van der Waals surface area contributed by atoms with Gasteiger partial charge in [-0.25, -0.2) is 0 Å². The fourth-order valence-electron chi connectivity index (χ4n) is 3.70. The molecular weight excluding hydrogens is 514 g/mol. The first-order chi connectivity index (χ1) is 16.0. The molecule has 0 atom stereocenters. The van der Waals surface area contributed by atoms with E-state index in [9.17, 15) is 44.1 Å². The van der Waals surface area contributed by atoms with E-state index in [0.29, 0.717) is 19.3 Å². The van der Waals surface area contributed by atoms with Crippen molar-refractivity contribution in [2.24, 2.45) is 0 Å². The van der Waals surface area contributed by atoms with E-state index in [0.717, 1.165) is 70.6 Å². The highest BCUT2D eigenvalue weighted by atomic mass is 31.2. The molecule has 35 heavy (non-hydrogen) atoms. The summed E-state index contributed by atoms with van der Waals surface area (Å²) in [4.78, 5) is 17.5. The van der Waals surface area contributed by atoms with Gasteiger partial charge in [-0.3, -0.25) is 4.57 Å². The number of hydrogen-bond donors (Lipinski definition) is 2. The normalized spacial score (nSPS) is 14.0. The van der Waals surface area contributed by atoms with Crippen LogP contribution in [0.15, 0.2) is 0 Å². The molecule has 0 rings (SSSR count). The molecule has 0 heterocycles. The SMILES string of the molecule is O=P(O)(O)CCCCCCCCCCCCCCCCCCC(F)(F)C(F)(F)C(F)(F)C(F)(F)F. The van der Waals surface area contributed by atoms with Gasteiger partial charge < -0.3 is 9.79 Å². The smallest absolute Gasteiger partial charge is 0.324 e. The van der Waals surface area contributed by atoms with Crippen molar-refractivity contribution in [2.45, 2.75) is 133 Å². The summed E-state index contributed by atoms with van der Waals surface area (Å²) in [6, 6.07) is 0. The fourth-order valence-corrected chi connectivity index (χ4v) is 4.34. The molecule has 0 saturated heterocycles. The molecule has 0 amide bonds. The number of hydrogen-bond acceptors (Lipinski definition) is 1. The second kappa shape index (κ2) is 15.7. The maximum absolute atomic E-state index is 13.4. The van der Waals surface area contributed by atoms with Crippen LogP contribution >= 0.6 is 7.60 Å². The summed E-state index contributed by atoms with van der Waals surface area (Å²) in [6.07, 6.45) is 3.37. The summed E-state index contributed by atoms with van der Waals surface area (Å²) >= 11 is 0. The van der Waals surface area contributed by atoms with Crippen LogP contribution < -0.4 is 0 Å². The Balaban J connectivity index is 3.67. The average Bonchev–Trinajstić information content (AvgIpc) is 2.70. The lowest BCUT2D eigenvalue weighted by Crippen LogP contribution is -2.60. The van der Waals surface area contributed by atoms with E-state index in [1.165, 1.54) is 0 Å². The van der Waals surface area contributed by atoms with Crippen molar-refractivity contribution in [1.29, 1.82) is 0 Å². The van der Waals surface area contributed by atoms with Gasteiger partial charge in [0.05, 0.1) is 0 Å². The van der Waals surface area contributed by atoms with Crippen LogP contribution in [0, 0.1) is 0 Å². The van der Waals surface area contributed by atoms with Gasteiger partial charge in [-0.05, 0) is 12.8 Å². The lowest BCUT2D eigenvalue weighted by atomic mass is 9.97. The summed E-state index contributed by atoms with van der Waals surface area (Å²) in [7, 11) is -3.88. The average molecular weight is 552 g/mol. The molecule has 0 radical (unpaired) electrons. The standard InChI is InChI=1S/C22H38F9O3P/c23-19(24,20(25,26)21(27,28)22(29,30)31)17-15-13-11-9-7-5-3-1-2-4-6-8-10-12-14-16-18-35(32,33)34/h1-18H2,(H2,32,33,34). The summed E-state index contributed by atoms with van der Waals surface area (Å²) in [5, 5.41) is 0. The largest absolute Gasteiger partial charge is 0.460 e. The van der Waals surface area contributed by atoms with Crippen molar-refractivity contribution in [2.75, 3.05) is 6.16 Å². The summed E-state index contributed by atoms with van der Waals surface area (Å²) in [5.74, 6) is -18.8. The molecular formula is C22H38F9O3P. The topological polar surface area (TPSA) is 57.5 Å². The van der Waals surface area contributed by atoms with Crippen LogP contribution in [0.2, 0.25) is 0 Å². The first-order valence-electron chi connectivity index (χ1n) is 12.2. The molecule has 0 saturated carbocycles. The first-order valence-corrected chi connectivity index (χ1v) is 14.0. The van der Waals surface area contributed by atoms with Crippen LogP contribution in [-0.2, 0) is 4.57 Å². The molecule has 0 aliphatic heterocycles. The Labute approximate surface area is 201 Å². The third kappa shape index (κ3) is 13.6. The Morgan fingerprint density at radius 2 is 0.743 bits per heavy atom. The summed E-state index contributed by atoms with van der Waals surface area (Å²) in [5.41, 5.74) is 0. The predicted octanol–water partition coefficient (Wildman–Crippen LogP) is 9.26. The Bertz CT molecular complexity index is 607. The van der Waals surface area contributed by atoms with Crippen LogP contribution in [0.5, 0.6) is 0 Å². The van der Waals surface area contributed by atoms with E-state index in [1.807, 2.05) is 0 Å². The highest BCUT2D eigenvalue weighted by molar-refractivity contribution is 7.51. The zero-order chi connectivity index (χ0) is 27.2. The van der Waals surface area contributed by atoms with Crippen LogP contribution in [0.1, 0.15) is 109 Å². The molecule has 0 spiro atoms. The second-order valence-corrected chi connectivity index (χ2v) is 10.9. The quantitative estimate of drug-likeness (QED) is 0.0848. The molecule has 2 N–H and O–H groups in total. The Morgan fingerprint density at radius 1 is 0.457 bits per heavy atom. The van der Waals surface area contributed by atoms with Crippen molar-refractivity contribution in [1.82, 2.24) is 0 Å². The minimum absolute atomic E-state index is 0.0442. The third-order valence-electron chi connectivity index (χ3n) is 5.90. The van der Waals surface area contributed by atoms with Crippen LogP contribution in [-0.4, -0.2) is 39.9 Å². The molecule has 0 aliphatic rings. The molecule has 0 aliphatic carbocycles. The van der Waals surface area contributed by atoms with Crippen LogP contribution in [0.4, 0.5) is 39.5 Å². The second-order valence-electron chi connectivity index (χ2n) is 9.15. The highest BCUT2D eigenvalue weighted by Gasteiger charge is 2.81. The maximum Gasteiger partial charge on any atom is 0.460 e. The molecule has 212 valence electrons. The summed E-state index contributed by atoms with van der Waals surface area (Å²) in [6.45, 7) is 0. The maximum atomic E-state index is 13.4. The molecule has 13 heteroatoms. The van der Waals surface area contributed by atoms with Crippen molar-refractivity contribution in [3.8, 4) is 0 Å². The van der Waals surface area contributed by atoms with E-state index < -0.39 is 44.4 Å². The molecule has 0 fully saturated rings. The summed E-state index contributed by atoms with van der Waals surface area (Å²) < 4.78 is 126. The Morgan fingerprint density at radius 3 is 1.03 bits per heavy atom. The lowest BCUT2D eigenvalue weighted by Gasteiger charge is -2.33. The zero-order valence-electron chi connectivity index (χ0n) is 19.9. The molecule has 0 aromatic carbocycles. The van der Waals surface area contributed by atoms with Crippen molar-refractivity contribution in [3.63, 3.8) is 0 Å². The van der Waals surface area contributed by atoms with Crippen LogP contribution in [0.3, 0.4) is 0 Å². The van der Waals surface area contributed by atoms with E-state index >= 15 is 0 Å². The van der Waals surface area contributed by atoms with Gasteiger partial charge in [0, 0.05) is 12.6 Å². The number of halogens is 9. The van der Waals surface area contributed by atoms with E-state index in [1.54, 1.807) is 0 Å². The molecule has 0 aromatic heterocycles. The molecule has 0 bridgehead atoms. The van der Waals surface area contributed by atoms with Gasteiger partial charge >= 0.3 is 31.5 Å². The van der Waals surface area contributed by atoms with E-state index in [2.05, 4.69) is 0 Å². The van der Waals surface area contributed by atoms with Gasteiger partial charge in [-0.1, -0.05) is 89.9 Å². The van der Waals surface area contributed by atoms with Crippen molar-refractivity contribution in [3.05, 3.63) is 0 Å². The Hall–Kier alpha value is -0.480.